The lowest BCUT2D eigenvalue weighted by molar-refractivity contribution is 0.336. The van der Waals surface area contributed by atoms with Crippen molar-refractivity contribution in [1.29, 1.82) is 0 Å². The number of ether oxygens (including phenoxy) is 1. The first-order valence-electron chi connectivity index (χ1n) is 6.80. The van der Waals surface area contributed by atoms with Crippen LogP contribution in [-0.2, 0) is 6.42 Å². The lowest BCUT2D eigenvalue weighted by Crippen LogP contribution is -2.25. The third-order valence-electron chi connectivity index (χ3n) is 3.74. The molecule has 1 saturated heterocycles. The molecule has 1 unspecified atom stereocenters. The van der Waals surface area contributed by atoms with Gasteiger partial charge in [0.05, 0.1) is 7.11 Å². The van der Waals surface area contributed by atoms with Gasteiger partial charge in [0.2, 0.25) is 0 Å². The summed E-state index contributed by atoms with van der Waals surface area (Å²) in [5, 5.41) is 3.52. The van der Waals surface area contributed by atoms with Gasteiger partial charge in [0.1, 0.15) is 5.75 Å². The van der Waals surface area contributed by atoms with Gasteiger partial charge < -0.3 is 15.0 Å². The van der Waals surface area contributed by atoms with Crippen LogP contribution in [0.15, 0.2) is 18.2 Å². The zero-order chi connectivity index (χ0) is 13.0. The number of nitrogens with one attached hydrogen (secondary N) is 1. The van der Waals surface area contributed by atoms with Crippen LogP contribution < -0.4 is 10.1 Å². The molecule has 18 heavy (non-hydrogen) atoms. The fraction of sp³-hybridized carbons (Fsp3) is 0.600. The Morgan fingerprint density at radius 2 is 2.28 bits per heavy atom. The van der Waals surface area contributed by atoms with Crippen LogP contribution in [0.5, 0.6) is 5.75 Å². The highest BCUT2D eigenvalue weighted by atomic mass is 16.5. The first kappa shape index (κ1) is 13.4. The first-order chi connectivity index (χ1) is 8.74. The predicted molar refractivity (Wildman–Crippen MR) is 75.5 cm³/mol. The largest absolute Gasteiger partial charge is 0.496 e. The molecule has 1 N–H and O–H groups in total. The van der Waals surface area contributed by atoms with E-state index in [4.69, 9.17) is 4.74 Å². The van der Waals surface area contributed by atoms with E-state index < -0.39 is 0 Å². The molecule has 0 spiro atoms. The van der Waals surface area contributed by atoms with Gasteiger partial charge >= 0.3 is 0 Å². The van der Waals surface area contributed by atoms with Crippen LogP contribution in [-0.4, -0.2) is 45.2 Å². The van der Waals surface area contributed by atoms with E-state index in [0.717, 1.165) is 38.3 Å². The number of nitrogens with zero attached hydrogens (tertiary/aromatic N) is 1. The number of likely N-dealkylation sites (N-methyl/N-ethyl adjacent to an activating group) is 1. The average molecular weight is 248 g/mol. The SMILES string of the molecule is CCc1ccc(OC)c(C2CNCCN(C)C2)c1. The molecule has 100 valence electrons. The molecule has 1 fully saturated rings. The molecule has 1 aromatic carbocycles. The summed E-state index contributed by atoms with van der Waals surface area (Å²) >= 11 is 0. The zero-order valence-corrected chi connectivity index (χ0v) is 11.7. The van der Waals surface area contributed by atoms with Gasteiger partial charge in [0, 0.05) is 37.7 Å². The Bertz CT molecular complexity index is 392. The summed E-state index contributed by atoms with van der Waals surface area (Å²) in [5.41, 5.74) is 2.73. The van der Waals surface area contributed by atoms with Gasteiger partial charge in [-0.25, -0.2) is 0 Å². The Morgan fingerprint density at radius 1 is 1.44 bits per heavy atom. The Kier molecular flexibility index (Phi) is 4.61. The molecule has 0 aromatic heterocycles. The van der Waals surface area contributed by atoms with Gasteiger partial charge in [-0.2, -0.15) is 0 Å². The van der Waals surface area contributed by atoms with Crippen LogP contribution in [0.25, 0.3) is 0 Å². The molecule has 3 nitrogen and oxygen atoms in total. The van der Waals surface area contributed by atoms with Crippen molar-refractivity contribution < 1.29 is 4.74 Å². The molecule has 1 heterocycles. The smallest absolute Gasteiger partial charge is 0.122 e. The van der Waals surface area contributed by atoms with Crippen LogP contribution >= 0.6 is 0 Å². The van der Waals surface area contributed by atoms with Crippen LogP contribution in [0, 0.1) is 0 Å². The maximum atomic E-state index is 5.53. The van der Waals surface area contributed by atoms with Crippen molar-refractivity contribution in [2.75, 3.05) is 40.3 Å². The molecule has 0 radical (unpaired) electrons. The minimum absolute atomic E-state index is 0.513. The molecular formula is C15H24N2O. The highest BCUT2D eigenvalue weighted by molar-refractivity contribution is 5.40. The highest BCUT2D eigenvalue weighted by Gasteiger charge is 2.20. The van der Waals surface area contributed by atoms with Crippen molar-refractivity contribution in [3.05, 3.63) is 29.3 Å². The quantitative estimate of drug-likeness (QED) is 0.884. The van der Waals surface area contributed by atoms with Crippen molar-refractivity contribution in [3.63, 3.8) is 0 Å². The van der Waals surface area contributed by atoms with Crippen LogP contribution in [0.3, 0.4) is 0 Å². The number of rotatable bonds is 3. The highest BCUT2D eigenvalue weighted by Crippen LogP contribution is 2.29. The lowest BCUT2D eigenvalue weighted by atomic mass is 9.95. The van der Waals surface area contributed by atoms with Crippen LogP contribution in [0.1, 0.15) is 24.0 Å². The monoisotopic (exact) mass is 248 g/mol. The van der Waals surface area contributed by atoms with E-state index >= 15 is 0 Å². The summed E-state index contributed by atoms with van der Waals surface area (Å²) < 4.78 is 5.53. The van der Waals surface area contributed by atoms with E-state index in [-0.39, 0.29) is 0 Å². The zero-order valence-electron chi connectivity index (χ0n) is 11.7. The maximum Gasteiger partial charge on any atom is 0.122 e. The van der Waals surface area contributed by atoms with Gasteiger partial charge in [-0.3, -0.25) is 0 Å². The number of methoxy groups -OCH3 is 1. The fourth-order valence-electron chi connectivity index (χ4n) is 2.61. The second-order valence-corrected chi connectivity index (χ2v) is 5.09. The number of hydrogen-bond acceptors (Lipinski definition) is 3. The molecular weight excluding hydrogens is 224 g/mol. The van der Waals surface area contributed by atoms with E-state index in [1.807, 2.05) is 0 Å². The topological polar surface area (TPSA) is 24.5 Å². The van der Waals surface area contributed by atoms with E-state index in [1.54, 1.807) is 7.11 Å². The summed E-state index contributed by atoms with van der Waals surface area (Å²) in [4.78, 5) is 2.39. The number of hydrogen-bond donors (Lipinski definition) is 1. The molecule has 0 bridgehead atoms. The average Bonchev–Trinajstić information content (AvgIpc) is 2.62. The van der Waals surface area contributed by atoms with Gasteiger partial charge in [-0.05, 0) is 25.1 Å². The lowest BCUT2D eigenvalue weighted by Gasteiger charge is -2.22. The standard InChI is InChI=1S/C15H24N2O/c1-4-12-5-6-15(18-3)14(9-12)13-10-16-7-8-17(2)11-13/h5-6,9,13,16H,4,7-8,10-11H2,1-3H3. The second kappa shape index (κ2) is 6.21. The molecule has 1 aromatic rings. The van der Waals surface area contributed by atoms with Gasteiger partial charge in [0.25, 0.3) is 0 Å². The number of benzene rings is 1. The van der Waals surface area contributed by atoms with Gasteiger partial charge in [-0.1, -0.05) is 19.1 Å². The molecule has 0 aliphatic carbocycles. The Balaban J connectivity index is 2.28. The second-order valence-electron chi connectivity index (χ2n) is 5.09. The van der Waals surface area contributed by atoms with Crippen molar-refractivity contribution in [1.82, 2.24) is 10.2 Å². The first-order valence-corrected chi connectivity index (χ1v) is 6.80. The van der Waals surface area contributed by atoms with Crippen LogP contribution in [0.4, 0.5) is 0 Å². The number of aryl methyl sites for hydroxylation is 1. The molecule has 1 aliphatic rings. The predicted octanol–water partition coefficient (Wildman–Crippen LogP) is 1.88. The van der Waals surface area contributed by atoms with Gasteiger partial charge in [-0.15, -0.1) is 0 Å². The van der Waals surface area contributed by atoms with Crippen LogP contribution in [0.2, 0.25) is 0 Å². The van der Waals surface area contributed by atoms with Crippen molar-refractivity contribution in [2.45, 2.75) is 19.3 Å². The molecule has 2 rings (SSSR count). The van der Waals surface area contributed by atoms with E-state index in [1.165, 1.54) is 11.1 Å². The summed E-state index contributed by atoms with van der Waals surface area (Å²) in [6.07, 6.45) is 1.08. The maximum absolute atomic E-state index is 5.53. The molecule has 0 amide bonds. The Morgan fingerprint density at radius 3 is 3.00 bits per heavy atom. The normalized spacial score (nSPS) is 21.6. The molecule has 0 saturated carbocycles. The summed E-state index contributed by atoms with van der Waals surface area (Å²) in [6.45, 7) is 6.52. The molecule has 3 heteroatoms. The van der Waals surface area contributed by atoms with E-state index in [0.29, 0.717) is 5.92 Å². The Hall–Kier alpha value is -1.06. The molecule has 1 atom stereocenters. The molecule has 1 aliphatic heterocycles. The van der Waals surface area contributed by atoms with Crippen molar-refractivity contribution >= 4 is 0 Å². The van der Waals surface area contributed by atoms with Crippen molar-refractivity contribution in [2.24, 2.45) is 0 Å². The third kappa shape index (κ3) is 3.03. The summed E-state index contributed by atoms with van der Waals surface area (Å²) in [5.74, 6) is 1.54. The third-order valence-corrected chi connectivity index (χ3v) is 3.74. The minimum atomic E-state index is 0.513. The fourth-order valence-corrected chi connectivity index (χ4v) is 2.61. The minimum Gasteiger partial charge on any atom is -0.496 e. The van der Waals surface area contributed by atoms with Crippen molar-refractivity contribution in [3.8, 4) is 5.75 Å². The Labute approximate surface area is 110 Å². The van der Waals surface area contributed by atoms with E-state index in [2.05, 4.69) is 42.4 Å². The summed E-state index contributed by atoms with van der Waals surface area (Å²) in [7, 11) is 3.95. The summed E-state index contributed by atoms with van der Waals surface area (Å²) in [6, 6.07) is 6.58. The van der Waals surface area contributed by atoms with Gasteiger partial charge in [0.15, 0.2) is 0 Å². The van der Waals surface area contributed by atoms with E-state index in [9.17, 15) is 0 Å².